The van der Waals surface area contributed by atoms with E-state index in [4.69, 9.17) is 27.3 Å². The Kier molecular flexibility index (Phi) is 5.05. The molecule has 1 aliphatic carbocycles. The average molecular weight is 283 g/mol. The molecule has 0 saturated heterocycles. The summed E-state index contributed by atoms with van der Waals surface area (Å²) in [6.07, 6.45) is 6.45. The number of nitrogens with two attached hydrogens (primary N) is 1. The predicted octanol–water partition coefficient (Wildman–Crippen LogP) is 3.28. The first-order chi connectivity index (χ1) is 9.20. The van der Waals surface area contributed by atoms with Crippen molar-refractivity contribution in [2.45, 2.75) is 44.8 Å². The first-order valence-electron chi connectivity index (χ1n) is 6.58. The fourth-order valence-electron chi connectivity index (χ4n) is 2.32. The van der Waals surface area contributed by atoms with E-state index in [9.17, 15) is 0 Å². The van der Waals surface area contributed by atoms with Gasteiger partial charge in [0.05, 0.1) is 12.7 Å². The van der Waals surface area contributed by atoms with Crippen molar-refractivity contribution in [3.63, 3.8) is 0 Å². The second-order valence-electron chi connectivity index (χ2n) is 4.86. The van der Waals surface area contributed by atoms with Crippen LogP contribution < -0.4 is 5.73 Å². The van der Waals surface area contributed by atoms with Crippen LogP contribution in [-0.2, 0) is 11.3 Å². The summed E-state index contributed by atoms with van der Waals surface area (Å²) in [6.45, 7) is 0.514. The van der Waals surface area contributed by atoms with Crippen molar-refractivity contribution in [3.05, 3.63) is 34.3 Å². The Morgan fingerprint density at radius 2 is 2.11 bits per heavy atom. The van der Waals surface area contributed by atoms with E-state index in [1.807, 2.05) is 6.07 Å². The topological polar surface area (TPSA) is 67.8 Å². The lowest BCUT2D eigenvalue weighted by Gasteiger charge is -2.22. The van der Waals surface area contributed by atoms with Crippen LogP contribution in [0.1, 0.15) is 43.2 Å². The van der Waals surface area contributed by atoms with Gasteiger partial charge in [0.25, 0.3) is 0 Å². The molecule has 0 bridgehead atoms. The van der Waals surface area contributed by atoms with Gasteiger partial charge >= 0.3 is 0 Å². The molecule has 1 aliphatic rings. The van der Waals surface area contributed by atoms with Gasteiger partial charge in [-0.05, 0) is 24.5 Å². The highest BCUT2D eigenvalue weighted by atomic mass is 35.5. The maximum Gasteiger partial charge on any atom is 0.170 e. The van der Waals surface area contributed by atoms with Gasteiger partial charge in [-0.3, -0.25) is 0 Å². The molecule has 5 heteroatoms. The molecule has 0 unspecified atom stereocenters. The fraction of sp³-hybridized carbons (Fsp3) is 0.500. The molecule has 104 valence electrons. The van der Waals surface area contributed by atoms with Gasteiger partial charge in [-0.2, -0.15) is 0 Å². The van der Waals surface area contributed by atoms with Gasteiger partial charge in [0, 0.05) is 10.6 Å². The third kappa shape index (κ3) is 3.85. The number of ether oxygens (including phenoxy) is 1. The van der Waals surface area contributed by atoms with Gasteiger partial charge in [-0.1, -0.05) is 48.2 Å². The predicted molar refractivity (Wildman–Crippen MR) is 75.6 cm³/mol. The van der Waals surface area contributed by atoms with Crippen LogP contribution >= 0.6 is 11.6 Å². The Bertz CT molecular complexity index is 457. The number of hydrogen-bond acceptors (Lipinski definition) is 3. The molecule has 0 heterocycles. The van der Waals surface area contributed by atoms with Crippen LogP contribution in [0.2, 0.25) is 5.02 Å². The number of benzene rings is 1. The molecule has 0 atom stereocenters. The zero-order chi connectivity index (χ0) is 13.7. The maximum atomic E-state index is 8.62. The number of nitrogens with zero attached hydrogens (tertiary/aromatic N) is 1. The van der Waals surface area contributed by atoms with Crippen LogP contribution in [0.25, 0.3) is 0 Å². The zero-order valence-electron chi connectivity index (χ0n) is 10.8. The van der Waals surface area contributed by atoms with E-state index in [-0.39, 0.29) is 5.84 Å². The normalized spacial score (nSPS) is 17.6. The van der Waals surface area contributed by atoms with Crippen molar-refractivity contribution in [1.82, 2.24) is 0 Å². The molecule has 1 saturated carbocycles. The number of oxime groups is 1. The summed E-state index contributed by atoms with van der Waals surface area (Å²) in [5.74, 6) is 0.0571. The lowest BCUT2D eigenvalue weighted by atomic mass is 9.98. The molecule has 0 radical (unpaired) electrons. The molecular formula is C14H19ClN2O2. The highest BCUT2D eigenvalue weighted by Gasteiger charge is 2.14. The molecule has 2 rings (SSSR count). The van der Waals surface area contributed by atoms with Crippen LogP contribution in [0.4, 0.5) is 0 Å². The van der Waals surface area contributed by atoms with E-state index in [0.29, 0.717) is 23.3 Å². The van der Waals surface area contributed by atoms with Crippen LogP contribution in [0.15, 0.2) is 23.4 Å². The van der Waals surface area contributed by atoms with E-state index >= 15 is 0 Å². The van der Waals surface area contributed by atoms with E-state index in [1.165, 1.54) is 19.3 Å². The minimum absolute atomic E-state index is 0.0571. The van der Waals surface area contributed by atoms with Crippen LogP contribution in [0.3, 0.4) is 0 Å². The molecule has 0 amide bonds. The SMILES string of the molecule is N/C(=N/O)c1ccc(COC2CCCCC2)c(Cl)c1. The summed E-state index contributed by atoms with van der Waals surface area (Å²) in [5.41, 5.74) is 7.05. The van der Waals surface area contributed by atoms with E-state index in [0.717, 1.165) is 18.4 Å². The van der Waals surface area contributed by atoms with Gasteiger partial charge in [0.2, 0.25) is 0 Å². The maximum absolute atomic E-state index is 8.62. The van der Waals surface area contributed by atoms with E-state index in [2.05, 4.69) is 5.16 Å². The van der Waals surface area contributed by atoms with Gasteiger partial charge in [-0.25, -0.2) is 0 Å². The first kappa shape index (κ1) is 14.2. The Hall–Kier alpha value is -1.26. The van der Waals surface area contributed by atoms with Gasteiger partial charge in [0.15, 0.2) is 5.84 Å². The lowest BCUT2D eigenvalue weighted by molar-refractivity contribution is 0.0169. The van der Waals surface area contributed by atoms with E-state index in [1.54, 1.807) is 12.1 Å². The zero-order valence-corrected chi connectivity index (χ0v) is 11.6. The monoisotopic (exact) mass is 282 g/mol. The lowest BCUT2D eigenvalue weighted by Crippen LogP contribution is -2.16. The smallest absolute Gasteiger partial charge is 0.170 e. The van der Waals surface area contributed by atoms with Gasteiger partial charge in [0.1, 0.15) is 0 Å². The largest absolute Gasteiger partial charge is 0.409 e. The summed E-state index contributed by atoms with van der Waals surface area (Å²) in [6, 6.07) is 5.33. The summed E-state index contributed by atoms with van der Waals surface area (Å²) >= 11 is 6.18. The number of rotatable bonds is 4. The summed E-state index contributed by atoms with van der Waals surface area (Å²) in [7, 11) is 0. The van der Waals surface area contributed by atoms with Crippen LogP contribution in [-0.4, -0.2) is 17.1 Å². The molecular weight excluding hydrogens is 264 g/mol. The third-order valence-electron chi connectivity index (χ3n) is 3.48. The Labute approximate surface area is 118 Å². The van der Waals surface area contributed by atoms with Crippen molar-refractivity contribution in [2.24, 2.45) is 10.9 Å². The molecule has 19 heavy (non-hydrogen) atoms. The summed E-state index contributed by atoms with van der Waals surface area (Å²) < 4.78 is 5.88. The summed E-state index contributed by atoms with van der Waals surface area (Å²) in [4.78, 5) is 0. The van der Waals surface area contributed by atoms with E-state index < -0.39 is 0 Å². The third-order valence-corrected chi connectivity index (χ3v) is 3.84. The first-order valence-corrected chi connectivity index (χ1v) is 6.96. The Balaban J connectivity index is 1.97. The second-order valence-corrected chi connectivity index (χ2v) is 5.27. The van der Waals surface area contributed by atoms with Crippen molar-refractivity contribution in [2.75, 3.05) is 0 Å². The van der Waals surface area contributed by atoms with Gasteiger partial charge < -0.3 is 15.7 Å². The molecule has 4 nitrogen and oxygen atoms in total. The van der Waals surface area contributed by atoms with Crippen molar-refractivity contribution in [1.29, 1.82) is 0 Å². The molecule has 1 aromatic rings. The Morgan fingerprint density at radius 1 is 1.37 bits per heavy atom. The summed E-state index contributed by atoms with van der Waals surface area (Å²) in [5, 5.41) is 12.2. The quantitative estimate of drug-likeness (QED) is 0.385. The molecule has 0 aromatic heterocycles. The fourth-order valence-corrected chi connectivity index (χ4v) is 2.56. The minimum Gasteiger partial charge on any atom is -0.409 e. The number of hydrogen-bond donors (Lipinski definition) is 2. The van der Waals surface area contributed by atoms with Crippen LogP contribution in [0.5, 0.6) is 0 Å². The second kappa shape index (κ2) is 6.78. The molecule has 1 aromatic carbocycles. The highest BCUT2D eigenvalue weighted by molar-refractivity contribution is 6.31. The average Bonchev–Trinajstić information content (AvgIpc) is 2.46. The molecule has 1 fully saturated rings. The number of amidine groups is 1. The highest BCUT2D eigenvalue weighted by Crippen LogP contribution is 2.24. The molecule has 0 aliphatic heterocycles. The Morgan fingerprint density at radius 3 is 2.74 bits per heavy atom. The van der Waals surface area contributed by atoms with Crippen molar-refractivity contribution in [3.8, 4) is 0 Å². The van der Waals surface area contributed by atoms with Gasteiger partial charge in [-0.15, -0.1) is 0 Å². The molecule has 3 N–H and O–H groups in total. The number of halogens is 1. The van der Waals surface area contributed by atoms with Crippen molar-refractivity contribution < 1.29 is 9.94 Å². The standard InChI is InChI=1S/C14H19ClN2O2/c15-13-8-10(14(16)17-18)6-7-11(13)9-19-12-4-2-1-3-5-12/h6-8,12,18H,1-5,9H2,(H2,16,17). The minimum atomic E-state index is 0.0571. The van der Waals surface area contributed by atoms with Crippen molar-refractivity contribution >= 4 is 17.4 Å². The van der Waals surface area contributed by atoms with Crippen LogP contribution in [0, 0.1) is 0 Å². The molecule has 0 spiro atoms.